The fourth-order valence-electron chi connectivity index (χ4n) is 3.59. The summed E-state index contributed by atoms with van der Waals surface area (Å²) in [6, 6.07) is 5.86. The van der Waals surface area contributed by atoms with Gasteiger partial charge in [-0.2, -0.15) is 23.2 Å². The van der Waals surface area contributed by atoms with E-state index in [1.54, 1.807) is 49.8 Å². The fraction of sp³-hybridized carbons (Fsp3) is 0.300. The molecule has 1 N–H and O–H groups in total. The Labute approximate surface area is 172 Å². The molecule has 0 aliphatic rings. The molecule has 2 heterocycles. The predicted molar refractivity (Wildman–Crippen MR) is 105 cm³/mol. The summed E-state index contributed by atoms with van der Waals surface area (Å²) in [5.74, 6) is 0. The molecular weight excluding hydrogens is 417 g/mol. The Morgan fingerprint density at radius 3 is 2.43 bits per heavy atom. The van der Waals surface area contributed by atoms with Crippen LogP contribution in [-0.4, -0.2) is 30.2 Å². The van der Waals surface area contributed by atoms with Crippen molar-refractivity contribution in [2.45, 2.75) is 44.4 Å². The zero-order valence-electron chi connectivity index (χ0n) is 16.4. The highest BCUT2D eigenvalue weighted by Gasteiger charge is 2.43. The van der Waals surface area contributed by atoms with Crippen LogP contribution in [0.15, 0.2) is 41.6 Å². The minimum Gasteiger partial charge on any atom is -0.329 e. The molecule has 30 heavy (non-hydrogen) atoms. The molecule has 0 saturated heterocycles. The number of rotatable bonds is 5. The van der Waals surface area contributed by atoms with Crippen molar-refractivity contribution in [1.82, 2.24) is 14.3 Å². The maximum Gasteiger partial charge on any atom is 0.406 e. The lowest BCUT2D eigenvalue weighted by Gasteiger charge is -2.23. The smallest absolute Gasteiger partial charge is 0.329 e. The van der Waals surface area contributed by atoms with Crippen LogP contribution in [-0.2, 0) is 16.6 Å². The van der Waals surface area contributed by atoms with Crippen molar-refractivity contribution in [2.75, 3.05) is 0 Å². The van der Waals surface area contributed by atoms with Gasteiger partial charge in [-0.15, -0.1) is 0 Å². The first kappa shape index (κ1) is 21.8. The zero-order valence-corrected chi connectivity index (χ0v) is 17.3. The average Bonchev–Trinajstić information content (AvgIpc) is 2.97. The van der Waals surface area contributed by atoms with Crippen LogP contribution in [0.1, 0.15) is 22.3 Å². The average molecular weight is 436 g/mol. The number of aromatic nitrogens is 2. The first-order valence-electron chi connectivity index (χ1n) is 8.95. The Morgan fingerprint density at radius 2 is 1.87 bits per heavy atom. The molecule has 10 heteroatoms. The van der Waals surface area contributed by atoms with Crippen LogP contribution >= 0.6 is 0 Å². The van der Waals surface area contributed by atoms with Gasteiger partial charge in [-0.1, -0.05) is 17.7 Å². The molecule has 0 aliphatic carbocycles. The van der Waals surface area contributed by atoms with Gasteiger partial charge < -0.3 is 4.57 Å². The molecule has 6 nitrogen and oxygen atoms in total. The van der Waals surface area contributed by atoms with Crippen LogP contribution in [0.2, 0.25) is 0 Å². The number of nitriles is 1. The third-order valence-electron chi connectivity index (χ3n) is 4.70. The van der Waals surface area contributed by atoms with Crippen LogP contribution in [0.25, 0.3) is 11.0 Å². The van der Waals surface area contributed by atoms with Gasteiger partial charge in [-0.25, -0.2) is 13.4 Å². The summed E-state index contributed by atoms with van der Waals surface area (Å²) in [5.41, 5.74) is 1.86. The molecule has 0 radical (unpaired) electrons. The number of halogens is 3. The molecule has 0 bridgehead atoms. The van der Waals surface area contributed by atoms with Crippen molar-refractivity contribution in [3.8, 4) is 6.07 Å². The third kappa shape index (κ3) is 4.17. The minimum absolute atomic E-state index is 0.159. The number of sulfonamides is 1. The van der Waals surface area contributed by atoms with Crippen molar-refractivity contribution in [3.05, 3.63) is 58.9 Å². The lowest BCUT2D eigenvalue weighted by Crippen LogP contribution is -2.48. The Kier molecular flexibility index (Phi) is 5.62. The number of benzene rings is 1. The van der Waals surface area contributed by atoms with E-state index in [0.29, 0.717) is 16.5 Å². The van der Waals surface area contributed by atoms with Gasteiger partial charge in [-0.3, -0.25) is 0 Å². The molecule has 0 aliphatic heterocycles. The predicted octanol–water partition coefficient (Wildman–Crippen LogP) is 3.74. The van der Waals surface area contributed by atoms with Crippen molar-refractivity contribution < 1.29 is 21.6 Å². The molecule has 1 atom stereocenters. The van der Waals surface area contributed by atoms with E-state index < -0.39 is 28.8 Å². The Bertz CT molecular complexity index is 1230. The highest BCUT2D eigenvalue weighted by Crippen LogP contribution is 2.28. The Balaban J connectivity index is 2.03. The molecule has 2 aromatic heterocycles. The second kappa shape index (κ2) is 7.74. The van der Waals surface area contributed by atoms with Crippen LogP contribution in [0.4, 0.5) is 13.2 Å². The summed E-state index contributed by atoms with van der Waals surface area (Å²) < 4.78 is 70.0. The van der Waals surface area contributed by atoms with Crippen molar-refractivity contribution in [3.63, 3.8) is 0 Å². The monoisotopic (exact) mass is 436 g/mol. The maximum atomic E-state index is 13.8. The number of alkyl halides is 3. The van der Waals surface area contributed by atoms with Crippen LogP contribution in [0.5, 0.6) is 0 Å². The van der Waals surface area contributed by atoms with Gasteiger partial charge in [0.15, 0.2) is 0 Å². The molecule has 1 unspecified atom stereocenters. The molecular formula is C20H19F3N4O2S. The molecule has 0 fully saturated rings. The standard InChI is InChI=1S/C20H19F3N4O2S/c1-12-7-13(2)18(14(3)8-12)30(28,29)26-17(20(21,22)23)11-27-10-15(9-24)16-5-4-6-25-19(16)27/h4-8,10,17,26H,11H2,1-3H3. The van der Waals surface area contributed by atoms with E-state index in [4.69, 9.17) is 0 Å². The zero-order chi connectivity index (χ0) is 22.3. The molecule has 3 rings (SSSR count). The number of fused-ring (bicyclic) bond motifs is 1. The van der Waals surface area contributed by atoms with E-state index in [1.807, 2.05) is 6.07 Å². The molecule has 0 amide bonds. The number of hydrogen-bond donors (Lipinski definition) is 1. The summed E-state index contributed by atoms with van der Waals surface area (Å²) in [6.07, 6.45) is -2.23. The van der Waals surface area contributed by atoms with Crippen LogP contribution in [0.3, 0.4) is 0 Å². The summed E-state index contributed by atoms with van der Waals surface area (Å²) in [5, 5.41) is 9.63. The van der Waals surface area contributed by atoms with Crippen LogP contribution in [0, 0.1) is 32.1 Å². The van der Waals surface area contributed by atoms with E-state index in [2.05, 4.69) is 4.98 Å². The fourth-order valence-corrected chi connectivity index (χ4v) is 5.26. The Morgan fingerprint density at radius 1 is 1.23 bits per heavy atom. The first-order chi connectivity index (χ1) is 13.9. The highest BCUT2D eigenvalue weighted by atomic mass is 32.2. The van der Waals surface area contributed by atoms with Crippen molar-refractivity contribution in [2.24, 2.45) is 0 Å². The van der Waals surface area contributed by atoms with Gasteiger partial charge >= 0.3 is 6.18 Å². The van der Waals surface area contributed by atoms with Gasteiger partial charge in [0.05, 0.1) is 10.5 Å². The van der Waals surface area contributed by atoms with Gasteiger partial charge in [0.25, 0.3) is 0 Å². The van der Waals surface area contributed by atoms with Gasteiger partial charge in [-0.05, 0) is 44.0 Å². The number of pyridine rings is 1. The lowest BCUT2D eigenvalue weighted by atomic mass is 10.1. The lowest BCUT2D eigenvalue weighted by molar-refractivity contribution is -0.154. The SMILES string of the molecule is Cc1cc(C)c(S(=O)(=O)NC(Cn2cc(C#N)c3cccnc32)C(F)(F)F)c(C)c1. The number of hydrogen-bond acceptors (Lipinski definition) is 4. The van der Waals surface area contributed by atoms with Gasteiger partial charge in [0, 0.05) is 24.3 Å². The minimum atomic E-state index is -4.86. The molecule has 1 aromatic carbocycles. The van der Waals surface area contributed by atoms with Gasteiger partial charge in [0.1, 0.15) is 17.8 Å². The largest absolute Gasteiger partial charge is 0.406 e. The van der Waals surface area contributed by atoms with E-state index in [9.17, 15) is 26.9 Å². The number of aryl methyl sites for hydroxylation is 3. The normalized spacial score (nSPS) is 13.4. The summed E-state index contributed by atoms with van der Waals surface area (Å²) >= 11 is 0. The molecule has 3 aromatic rings. The van der Waals surface area contributed by atoms with Crippen LogP contribution < -0.4 is 4.72 Å². The van der Waals surface area contributed by atoms with Crippen molar-refractivity contribution in [1.29, 1.82) is 5.26 Å². The second-order valence-electron chi connectivity index (χ2n) is 7.12. The second-order valence-corrected chi connectivity index (χ2v) is 8.78. The summed E-state index contributed by atoms with van der Waals surface area (Å²) in [7, 11) is -4.46. The van der Waals surface area contributed by atoms with Gasteiger partial charge in [0.2, 0.25) is 10.0 Å². The molecule has 0 saturated carbocycles. The quantitative estimate of drug-likeness (QED) is 0.660. The molecule has 158 valence electrons. The highest BCUT2D eigenvalue weighted by molar-refractivity contribution is 7.89. The van der Waals surface area contributed by atoms with E-state index >= 15 is 0 Å². The summed E-state index contributed by atoms with van der Waals surface area (Å²) in [4.78, 5) is 3.87. The maximum absolute atomic E-state index is 13.8. The van der Waals surface area contributed by atoms with E-state index in [-0.39, 0.29) is 16.1 Å². The summed E-state index contributed by atoms with van der Waals surface area (Å²) in [6.45, 7) is 4.10. The first-order valence-corrected chi connectivity index (χ1v) is 10.4. The third-order valence-corrected chi connectivity index (χ3v) is 6.48. The van der Waals surface area contributed by atoms with E-state index in [1.165, 1.54) is 12.4 Å². The number of nitrogens with zero attached hydrogens (tertiary/aromatic N) is 3. The topological polar surface area (TPSA) is 87.8 Å². The van der Waals surface area contributed by atoms with E-state index in [0.717, 1.165) is 10.1 Å². The Hall–Kier alpha value is -2.90. The van der Waals surface area contributed by atoms with Crippen molar-refractivity contribution >= 4 is 21.1 Å². The molecule has 0 spiro atoms. The number of nitrogens with one attached hydrogen (secondary N) is 1.